The fourth-order valence-corrected chi connectivity index (χ4v) is 3.85. The Kier molecular flexibility index (Phi) is 4.88. The number of hydrogen-bond acceptors (Lipinski definition) is 4. The summed E-state index contributed by atoms with van der Waals surface area (Å²) in [4.78, 5) is 11.4. The molecule has 0 amide bonds. The molecule has 1 aromatic carbocycles. The molecule has 2 rings (SSSR count). The molecule has 0 aliphatic heterocycles. The highest BCUT2D eigenvalue weighted by atomic mass is 32.2. The molecule has 1 aliphatic carbocycles. The molecule has 3 atom stereocenters. The van der Waals surface area contributed by atoms with E-state index in [9.17, 15) is 4.79 Å². The Hall–Kier alpha value is -1.00. The fraction of sp³-hybridized carbons (Fsp3) is 0.533. The highest BCUT2D eigenvalue weighted by molar-refractivity contribution is 8.00. The van der Waals surface area contributed by atoms with E-state index in [2.05, 4.69) is 25.1 Å². The van der Waals surface area contributed by atoms with Crippen LogP contribution in [0.2, 0.25) is 0 Å². The molecule has 0 aromatic heterocycles. The van der Waals surface area contributed by atoms with Gasteiger partial charge < -0.3 is 10.5 Å². The van der Waals surface area contributed by atoms with Crippen LogP contribution in [0, 0.1) is 0 Å². The molecule has 0 radical (unpaired) electrons. The lowest BCUT2D eigenvalue weighted by Crippen LogP contribution is -2.31. The van der Waals surface area contributed by atoms with Gasteiger partial charge >= 0.3 is 5.97 Å². The standard InChI is InChI=1S/C15H21NO2S/c1-3-18-14(17)9-19-13-8-10(2)11-6-4-5-7-12(11)15(13)16/h4-7,10,13,15H,3,8-9,16H2,1-2H3. The summed E-state index contributed by atoms with van der Waals surface area (Å²) in [7, 11) is 0. The first-order valence-electron chi connectivity index (χ1n) is 6.75. The Balaban J connectivity index is 2.03. The van der Waals surface area contributed by atoms with E-state index in [0.717, 1.165) is 6.42 Å². The van der Waals surface area contributed by atoms with Crippen molar-refractivity contribution in [3.05, 3.63) is 35.4 Å². The van der Waals surface area contributed by atoms with Crippen LogP contribution < -0.4 is 5.73 Å². The first-order valence-corrected chi connectivity index (χ1v) is 7.80. The van der Waals surface area contributed by atoms with E-state index in [1.54, 1.807) is 11.8 Å². The smallest absolute Gasteiger partial charge is 0.315 e. The maximum Gasteiger partial charge on any atom is 0.315 e. The van der Waals surface area contributed by atoms with Gasteiger partial charge in [0.15, 0.2) is 0 Å². The zero-order valence-corrected chi connectivity index (χ0v) is 12.3. The predicted molar refractivity (Wildman–Crippen MR) is 79.3 cm³/mol. The Morgan fingerprint density at radius 3 is 2.79 bits per heavy atom. The van der Waals surface area contributed by atoms with Crippen LogP contribution >= 0.6 is 11.8 Å². The first-order chi connectivity index (χ1) is 9.13. The largest absolute Gasteiger partial charge is 0.465 e. The van der Waals surface area contributed by atoms with Gasteiger partial charge in [-0.25, -0.2) is 0 Å². The molecule has 0 saturated carbocycles. The Morgan fingerprint density at radius 2 is 2.11 bits per heavy atom. The molecule has 3 unspecified atom stereocenters. The Bertz CT molecular complexity index is 450. The molecular weight excluding hydrogens is 258 g/mol. The summed E-state index contributed by atoms with van der Waals surface area (Å²) in [5.74, 6) is 0.739. The molecule has 4 heteroatoms. The van der Waals surface area contributed by atoms with E-state index in [1.807, 2.05) is 13.0 Å². The molecule has 19 heavy (non-hydrogen) atoms. The number of carbonyl (C=O) groups is 1. The number of nitrogens with two attached hydrogens (primary N) is 1. The molecule has 0 fully saturated rings. The average molecular weight is 279 g/mol. The molecule has 104 valence electrons. The SMILES string of the molecule is CCOC(=O)CSC1CC(C)c2ccccc2C1N. The van der Waals surface area contributed by atoms with Crippen LogP contribution in [0.4, 0.5) is 0 Å². The summed E-state index contributed by atoms with van der Waals surface area (Å²) in [6, 6.07) is 8.37. The van der Waals surface area contributed by atoms with Crippen molar-refractivity contribution in [3.63, 3.8) is 0 Å². The number of thioether (sulfide) groups is 1. The predicted octanol–water partition coefficient (Wildman–Crippen LogP) is 2.86. The van der Waals surface area contributed by atoms with Crippen molar-refractivity contribution in [2.75, 3.05) is 12.4 Å². The lowest BCUT2D eigenvalue weighted by molar-refractivity contribution is -0.139. The second kappa shape index (κ2) is 6.44. The Morgan fingerprint density at radius 1 is 1.42 bits per heavy atom. The van der Waals surface area contributed by atoms with Crippen molar-refractivity contribution in [2.45, 2.75) is 37.5 Å². The molecular formula is C15H21NO2S. The van der Waals surface area contributed by atoms with E-state index in [-0.39, 0.29) is 17.3 Å². The maximum absolute atomic E-state index is 11.4. The summed E-state index contributed by atoms with van der Waals surface area (Å²) in [5, 5.41) is 0.286. The topological polar surface area (TPSA) is 52.3 Å². The zero-order chi connectivity index (χ0) is 13.8. The third-order valence-corrected chi connectivity index (χ3v) is 4.91. The van der Waals surface area contributed by atoms with E-state index in [4.69, 9.17) is 10.5 Å². The number of hydrogen-bond donors (Lipinski definition) is 1. The fourth-order valence-electron chi connectivity index (χ4n) is 2.63. The van der Waals surface area contributed by atoms with Crippen LogP contribution in [-0.2, 0) is 9.53 Å². The monoisotopic (exact) mass is 279 g/mol. The lowest BCUT2D eigenvalue weighted by Gasteiger charge is -2.34. The van der Waals surface area contributed by atoms with Crippen LogP contribution in [0.1, 0.15) is 43.4 Å². The average Bonchev–Trinajstić information content (AvgIpc) is 2.42. The van der Waals surface area contributed by atoms with E-state index in [0.29, 0.717) is 18.3 Å². The van der Waals surface area contributed by atoms with Gasteiger partial charge in [0.25, 0.3) is 0 Å². The second-order valence-electron chi connectivity index (χ2n) is 4.95. The van der Waals surface area contributed by atoms with Gasteiger partial charge in [0, 0.05) is 11.3 Å². The minimum Gasteiger partial charge on any atom is -0.465 e. The van der Waals surface area contributed by atoms with Gasteiger partial charge in [-0.15, -0.1) is 11.8 Å². The van der Waals surface area contributed by atoms with Gasteiger partial charge in [-0.3, -0.25) is 4.79 Å². The lowest BCUT2D eigenvalue weighted by atomic mass is 9.81. The second-order valence-corrected chi connectivity index (χ2v) is 6.17. The van der Waals surface area contributed by atoms with Crippen LogP contribution in [0.15, 0.2) is 24.3 Å². The maximum atomic E-state index is 11.4. The van der Waals surface area contributed by atoms with Gasteiger partial charge in [-0.05, 0) is 30.4 Å². The summed E-state index contributed by atoms with van der Waals surface area (Å²) < 4.78 is 4.96. The molecule has 1 aromatic rings. The molecule has 1 aliphatic rings. The first kappa shape index (κ1) is 14.4. The number of fused-ring (bicyclic) bond motifs is 1. The molecule has 0 spiro atoms. The zero-order valence-electron chi connectivity index (χ0n) is 11.5. The number of benzene rings is 1. The molecule has 0 heterocycles. The van der Waals surface area contributed by atoms with Crippen molar-refractivity contribution in [2.24, 2.45) is 5.73 Å². The quantitative estimate of drug-likeness (QED) is 0.861. The van der Waals surface area contributed by atoms with Gasteiger partial charge in [-0.1, -0.05) is 31.2 Å². The van der Waals surface area contributed by atoms with Crippen LogP contribution in [-0.4, -0.2) is 23.6 Å². The van der Waals surface area contributed by atoms with Gasteiger partial charge in [-0.2, -0.15) is 0 Å². The summed E-state index contributed by atoms with van der Waals surface area (Å²) in [5.41, 5.74) is 8.91. The minimum atomic E-state index is -0.147. The third-order valence-electron chi connectivity index (χ3n) is 3.59. The third kappa shape index (κ3) is 3.31. The van der Waals surface area contributed by atoms with Crippen molar-refractivity contribution in [1.29, 1.82) is 0 Å². The number of rotatable bonds is 4. The van der Waals surface area contributed by atoms with Gasteiger partial charge in [0.2, 0.25) is 0 Å². The number of esters is 1. The molecule has 0 saturated heterocycles. The van der Waals surface area contributed by atoms with Crippen LogP contribution in [0.25, 0.3) is 0 Å². The van der Waals surface area contributed by atoms with Crippen LogP contribution in [0.5, 0.6) is 0 Å². The minimum absolute atomic E-state index is 0.00632. The normalized spacial score (nSPS) is 25.7. The summed E-state index contributed by atoms with van der Waals surface area (Å²) in [6.07, 6.45) is 1.02. The molecule has 0 bridgehead atoms. The molecule has 2 N–H and O–H groups in total. The summed E-state index contributed by atoms with van der Waals surface area (Å²) in [6.45, 7) is 4.49. The van der Waals surface area contributed by atoms with Crippen molar-refractivity contribution >= 4 is 17.7 Å². The van der Waals surface area contributed by atoms with Crippen molar-refractivity contribution < 1.29 is 9.53 Å². The number of ether oxygens (including phenoxy) is 1. The van der Waals surface area contributed by atoms with Gasteiger partial charge in [0.1, 0.15) is 0 Å². The van der Waals surface area contributed by atoms with E-state index >= 15 is 0 Å². The number of carbonyl (C=O) groups excluding carboxylic acids is 1. The van der Waals surface area contributed by atoms with E-state index < -0.39 is 0 Å². The van der Waals surface area contributed by atoms with E-state index in [1.165, 1.54) is 11.1 Å². The van der Waals surface area contributed by atoms with Crippen molar-refractivity contribution in [3.8, 4) is 0 Å². The highest BCUT2D eigenvalue weighted by Crippen LogP contribution is 2.41. The van der Waals surface area contributed by atoms with Crippen LogP contribution in [0.3, 0.4) is 0 Å². The van der Waals surface area contributed by atoms with Crippen molar-refractivity contribution in [1.82, 2.24) is 0 Å². The Labute approximate surface area is 118 Å². The molecule has 3 nitrogen and oxygen atoms in total. The summed E-state index contributed by atoms with van der Waals surface area (Å²) >= 11 is 1.62. The highest BCUT2D eigenvalue weighted by Gasteiger charge is 2.31. The van der Waals surface area contributed by atoms with Gasteiger partial charge in [0.05, 0.1) is 12.4 Å².